The van der Waals surface area contributed by atoms with Gasteiger partial charge in [-0.3, -0.25) is 4.79 Å². The molecule has 0 saturated carbocycles. The Bertz CT molecular complexity index is 127. The average molecular weight is 208 g/mol. The molecule has 0 rings (SSSR count). The lowest BCUT2D eigenvalue weighted by Gasteiger charge is -1.98. The van der Waals surface area contributed by atoms with E-state index in [2.05, 4.69) is 0 Å². The topological polar surface area (TPSA) is 110 Å². The molecule has 0 aromatic heterocycles. The SMILES string of the molecule is C.CCC(N)C(=O)O.CCC(N)CO. The summed E-state index contributed by atoms with van der Waals surface area (Å²) in [5.41, 5.74) is 10.2. The van der Waals surface area contributed by atoms with Gasteiger partial charge in [0.2, 0.25) is 0 Å². The molecule has 0 saturated heterocycles. The van der Waals surface area contributed by atoms with Gasteiger partial charge in [0.15, 0.2) is 0 Å². The van der Waals surface area contributed by atoms with Gasteiger partial charge in [-0.1, -0.05) is 21.3 Å². The molecule has 14 heavy (non-hydrogen) atoms. The number of carboxylic acid groups (broad SMARTS) is 1. The minimum absolute atomic E-state index is 0. The van der Waals surface area contributed by atoms with Crippen LogP contribution in [0.3, 0.4) is 0 Å². The smallest absolute Gasteiger partial charge is 0.320 e. The number of hydrogen-bond donors (Lipinski definition) is 4. The molecule has 5 heteroatoms. The van der Waals surface area contributed by atoms with Crippen LogP contribution < -0.4 is 11.5 Å². The van der Waals surface area contributed by atoms with Crippen molar-refractivity contribution in [3.05, 3.63) is 0 Å². The Morgan fingerprint density at radius 2 is 1.71 bits per heavy atom. The predicted octanol–water partition coefficient (Wildman–Crippen LogP) is 0.160. The maximum Gasteiger partial charge on any atom is 0.320 e. The first kappa shape index (κ1) is 19.0. The van der Waals surface area contributed by atoms with Crippen molar-refractivity contribution in [3.63, 3.8) is 0 Å². The number of aliphatic hydroxyl groups is 1. The molecule has 2 unspecified atom stereocenters. The lowest BCUT2D eigenvalue weighted by Crippen LogP contribution is -2.28. The number of rotatable bonds is 4. The highest BCUT2D eigenvalue weighted by molar-refractivity contribution is 5.72. The Hall–Kier alpha value is -0.650. The molecule has 0 aromatic rings. The number of nitrogens with two attached hydrogens (primary N) is 2. The van der Waals surface area contributed by atoms with Crippen molar-refractivity contribution in [2.45, 2.75) is 46.2 Å². The first-order valence-electron chi connectivity index (χ1n) is 4.34. The molecule has 0 aromatic carbocycles. The third-order valence-electron chi connectivity index (χ3n) is 1.52. The summed E-state index contributed by atoms with van der Waals surface area (Å²) in [6.45, 7) is 3.79. The normalized spacial score (nSPS) is 12.9. The molecule has 0 radical (unpaired) electrons. The van der Waals surface area contributed by atoms with Crippen LogP contribution in [0.4, 0.5) is 0 Å². The highest BCUT2D eigenvalue weighted by Gasteiger charge is 2.05. The second-order valence-corrected chi connectivity index (χ2v) is 2.70. The molecule has 6 N–H and O–H groups in total. The van der Waals surface area contributed by atoms with Crippen LogP contribution in [0, 0.1) is 0 Å². The van der Waals surface area contributed by atoms with Gasteiger partial charge in [-0.2, -0.15) is 0 Å². The molecule has 0 aliphatic rings. The molecule has 0 fully saturated rings. The third kappa shape index (κ3) is 13.9. The van der Waals surface area contributed by atoms with Crippen LogP contribution in [0.15, 0.2) is 0 Å². The fourth-order valence-electron chi connectivity index (χ4n) is 0.304. The van der Waals surface area contributed by atoms with Gasteiger partial charge < -0.3 is 21.7 Å². The molecule has 2 atom stereocenters. The van der Waals surface area contributed by atoms with Crippen LogP contribution >= 0.6 is 0 Å². The van der Waals surface area contributed by atoms with Crippen molar-refractivity contribution in [1.82, 2.24) is 0 Å². The van der Waals surface area contributed by atoms with Gasteiger partial charge in [0.1, 0.15) is 6.04 Å². The molecule has 0 amide bonds. The van der Waals surface area contributed by atoms with Crippen molar-refractivity contribution in [3.8, 4) is 0 Å². The van der Waals surface area contributed by atoms with E-state index in [1.807, 2.05) is 6.92 Å². The van der Waals surface area contributed by atoms with Crippen molar-refractivity contribution in [1.29, 1.82) is 0 Å². The van der Waals surface area contributed by atoms with E-state index in [0.29, 0.717) is 6.42 Å². The summed E-state index contributed by atoms with van der Waals surface area (Å²) in [5.74, 6) is -0.928. The summed E-state index contributed by atoms with van der Waals surface area (Å²) in [7, 11) is 0. The van der Waals surface area contributed by atoms with Gasteiger partial charge in [0, 0.05) is 6.04 Å². The monoisotopic (exact) mass is 208 g/mol. The Balaban J connectivity index is -0.000000163. The summed E-state index contributed by atoms with van der Waals surface area (Å²) in [6, 6.07) is -0.690. The molecule has 0 bridgehead atoms. The molecule has 0 spiro atoms. The first-order chi connectivity index (χ1) is 5.99. The van der Waals surface area contributed by atoms with Gasteiger partial charge in [-0.05, 0) is 12.8 Å². The minimum atomic E-state index is -0.928. The van der Waals surface area contributed by atoms with Crippen LogP contribution in [0.2, 0.25) is 0 Å². The van der Waals surface area contributed by atoms with Crippen LogP contribution in [-0.2, 0) is 4.79 Å². The lowest BCUT2D eigenvalue weighted by molar-refractivity contribution is -0.138. The van der Waals surface area contributed by atoms with E-state index < -0.39 is 12.0 Å². The van der Waals surface area contributed by atoms with Crippen LogP contribution in [0.1, 0.15) is 34.1 Å². The Labute approximate surface area is 86.1 Å². The number of hydrogen-bond acceptors (Lipinski definition) is 4. The fraction of sp³-hybridized carbons (Fsp3) is 0.889. The second-order valence-electron chi connectivity index (χ2n) is 2.70. The molecule has 0 aliphatic carbocycles. The fourth-order valence-corrected chi connectivity index (χ4v) is 0.304. The Kier molecular flexibility index (Phi) is 16.8. The highest BCUT2D eigenvalue weighted by Crippen LogP contribution is 1.82. The highest BCUT2D eigenvalue weighted by atomic mass is 16.4. The zero-order valence-corrected chi connectivity index (χ0v) is 8.23. The van der Waals surface area contributed by atoms with Crippen molar-refractivity contribution in [2.24, 2.45) is 11.5 Å². The number of carboxylic acids is 1. The Morgan fingerprint density at radius 1 is 1.29 bits per heavy atom. The number of aliphatic hydroxyl groups excluding tert-OH is 1. The molecular weight excluding hydrogens is 184 g/mol. The van der Waals surface area contributed by atoms with Gasteiger partial charge in [0.05, 0.1) is 6.61 Å². The van der Waals surface area contributed by atoms with E-state index in [-0.39, 0.29) is 20.1 Å². The van der Waals surface area contributed by atoms with E-state index in [9.17, 15) is 4.79 Å². The van der Waals surface area contributed by atoms with Gasteiger partial charge in [-0.15, -0.1) is 0 Å². The first-order valence-corrected chi connectivity index (χ1v) is 4.34. The molecule has 5 nitrogen and oxygen atoms in total. The molecule has 0 heterocycles. The zero-order chi connectivity index (χ0) is 10.9. The second kappa shape index (κ2) is 12.3. The van der Waals surface area contributed by atoms with Crippen LogP contribution in [-0.4, -0.2) is 34.9 Å². The molecular formula is C9H24N2O3. The van der Waals surface area contributed by atoms with Gasteiger partial charge in [0.25, 0.3) is 0 Å². The average Bonchev–Trinajstić information content (AvgIpc) is 2.16. The van der Waals surface area contributed by atoms with E-state index in [1.54, 1.807) is 6.92 Å². The molecule has 88 valence electrons. The van der Waals surface area contributed by atoms with Crippen LogP contribution in [0.25, 0.3) is 0 Å². The summed E-state index contributed by atoms with van der Waals surface area (Å²) in [4.78, 5) is 9.81. The molecule has 0 aliphatic heterocycles. The lowest BCUT2D eigenvalue weighted by atomic mass is 10.2. The zero-order valence-electron chi connectivity index (χ0n) is 8.23. The standard InChI is InChI=1S/C4H9NO2.C4H11NO.CH4/c1-2-3(5)4(6)7;1-2-4(5)3-6;/h3H,2,5H2,1H3,(H,6,7);4,6H,2-3,5H2,1H3;1H4. The van der Waals surface area contributed by atoms with E-state index in [0.717, 1.165) is 6.42 Å². The van der Waals surface area contributed by atoms with Gasteiger partial charge in [-0.25, -0.2) is 0 Å². The summed E-state index contributed by atoms with van der Waals surface area (Å²) < 4.78 is 0. The summed E-state index contributed by atoms with van der Waals surface area (Å²) >= 11 is 0. The van der Waals surface area contributed by atoms with E-state index in [1.165, 1.54) is 0 Å². The predicted molar refractivity (Wildman–Crippen MR) is 58.0 cm³/mol. The maximum absolute atomic E-state index is 9.81. The van der Waals surface area contributed by atoms with Crippen molar-refractivity contribution in [2.75, 3.05) is 6.61 Å². The summed E-state index contributed by atoms with van der Waals surface area (Å²) in [6.07, 6.45) is 1.35. The van der Waals surface area contributed by atoms with E-state index in [4.69, 9.17) is 21.7 Å². The van der Waals surface area contributed by atoms with Crippen molar-refractivity contribution >= 4 is 5.97 Å². The summed E-state index contributed by atoms with van der Waals surface area (Å²) in [5, 5.41) is 16.3. The van der Waals surface area contributed by atoms with Crippen molar-refractivity contribution < 1.29 is 15.0 Å². The number of carbonyl (C=O) groups is 1. The largest absolute Gasteiger partial charge is 0.480 e. The van der Waals surface area contributed by atoms with Crippen LogP contribution in [0.5, 0.6) is 0 Å². The minimum Gasteiger partial charge on any atom is -0.480 e. The number of aliphatic carboxylic acids is 1. The van der Waals surface area contributed by atoms with E-state index >= 15 is 0 Å². The van der Waals surface area contributed by atoms with Gasteiger partial charge >= 0.3 is 5.97 Å². The third-order valence-corrected chi connectivity index (χ3v) is 1.52. The maximum atomic E-state index is 9.81. The Morgan fingerprint density at radius 3 is 1.71 bits per heavy atom. The quantitative estimate of drug-likeness (QED) is 0.526.